The van der Waals surface area contributed by atoms with Gasteiger partial charge in [0, 0.05) is 21.3 Å². The van der Waals surface area contributed by atoms with E-state index in [1.807, 2.05) is 48.5 Å². The lowest BCUT2D eigenvalue weighted by Crippen LogP contribution is -1.97. The topological polar surface area (TPSA) is 56.8 Å². The Morgan fingerprint density at radius 3 is 1.60 bits per heavy atom. The van der Waals surface area contributed by atoms with E-state index < -0.39 is 0 Å². The van der Waals surface area contributed by atoms with Crippen molar-refractivity contribution in [2.24, 2.45) is 0 Å². The van der Waals surface area contributed by atoms with Crippen LogP contribution in [0.3, 0.4) is 0 Å². The number of ether oxygens (including phenoxy) is 1. The van der Waals surface area contributed by atoms with Crippen molar-refractivity contribution < 1.29 is 4.74 Å². The van der Waals surface area contributed by atoms with E-state index in [4.69, 9.17) is 4.74 Å². The first kappa shape index (κ1) is 29.1. The molecule has 0 spiro atoms. The van der Waals surface area contributed by atoms with Crippen molar-refractivity contribution in [1.29, 1.82) is 10.5 Å². The molecule has 0 fully saturated rings. The van der Waals surface area contributed by atoms with Gasteiger partial charge in [-0.15, -0.1) is 23.5 Å². The van der Waals surface area contributed by atoms with Crippen LogP contribution in [0.2, 0.25) is 0 Å². The van der Waals surface area contributed by atoms with Gasteiger partial charge in [0.25, 0.3) is 0 Å². The molecule has 0 aliphatic carbocycles. The van der Waals surface area contributed by atoms with Crippen LogP contribution < -0.4 is 4.74 Å². The van der Waals surface area contributed by atoms with E-state index in [1.54, 1.807) is 30.6 Å². The molecule has 0 amide bonds. The SMILES string of the molecule is COc1cc(SCc2ccc(C#N)cc2Cc2ccccc2)ccc1SCc1ccc(C#N)cc1Cc1ccccc1. The molecule has 0 aliphatic rings. The minimum atomic E-state index is 0.683. The van der Waals surface area contributed by atoms with Crippen LogP contribution in [-0.2, 0) is 24.3 Å². The van der Waals surface area contributed by atoms with Crippen molar-refractivity contribution in [1.82, 2.24) is 0 Å². The highest BCUT2D eigenvalue weighted by Crippen LogP contribution is 2.37. The number of methoxy groups -OCH3 is 1. The van der Waals surface area contributed by atoms with E-state index in [0.717, 1.165) is 39.9 Å². The Hall–Kier alpha value is -4.42. The summed E-state index contributed by atoms with van der Waals surface area (Å²) in [5, 5.41) is 18.9. The second-order valence-corrected chi connectivity index (χ2v) is 12.0. The molecule has 0 saturated carbocycles. The van der Waals surface area contributed by atoms with E-state index >= 15 is 0 Å². The summed E-state index contributed by atoms with van der Waals surface area (Å²) in [6.07, 6.45) is 1.59. The van der Waals surface area contributed by atoms with E-state index in [-0.39, 0.29) is 0 Å². The average molecular weight is 583 g/mol. The summed E-state index contributed by atoms with van der Waals surface area (Å²) >= 11 is 3.52. The number of thioether (sulfide) groups is 2. The number of hydrogen-bond acceptors (Lipinski definition) is 5. The van der Waals surface area contributed by atoms with Crippen molar-refractivity contribution in [3.8, 4) is 17.9 Å². The first-order valence-electron chi connectivity index (χ1n) is 13.7. The van der Waals surface area contributed by atoms with E-state index in [1.165, 1.54) is 33.4 Å². The van der Waals surface area contributed by atoms with E-state index in [9.17, 15) is 10.5 Å². The Morgan fingerprint density at radius 2 is 1.10 bits per heavy atom. The van der Waals surface area contributed by atoms with Gasteiger partial charge in [0.15, 0.2) is 0 Å². The van der Waals surface area contributed by atoms with Crippen LogP contribution in [0.1, 0.15) is 44.5 Å². The monoisotopic (exact) mass is 582 g/mol. The van der Waals surface area contributed by atoms with Crippen LogP contribution >= 0.6 is 23.5 Å². The molecule has 0 unspecified atom stereocenters. The lowest BCUT2D eigenvalue weighted by molar-refractivity contribution is 0.403. The Morgan fingerprint density at radius 1 is 0.571 bits per heavy atom. The van der Waals surface area contributed by atoms with Crippen molar-refractivity contribution in [3.05, 3.63) is 160 Å². The molecular weight excluding hydrogens is 553 g/mol. The molecule has 0 N–H and O–H groups in total. The Balaban J connectivity index is 1.29. The molecule has 0 saturated heterocycles. The van der Waals surface area contributed by atoms with Crippen LogP contribution in [0, 0.1) is 22.7 Å². The third kappa shape index (κ3) is 7.65. The maximum Gasteiger partial charge on any atom is 0.133 e. The number of nitrogens with zero attached hydrogens (tertiary/aromatic N) is 2. The van der Waals surface area contributed by atoms with Gasteiger partial charge in [-0.2, -0.15) is 10.5 Å². The molecule has 0 radical (unpaired) electrons. The molecule has 0 aromatic heterocycles. The summed E-state index contributed by atoms with van der Waals surface area (Å²) in [6.45, 7) is 0. The minimum Gasteiger partial charge on any atom is -0.496 e. The standard InChI is InChI=1S/C37H30N2OS2/c1-40-36-22-35(41-25-31-14-12-29(23-38)20-33(31)18-27-8-4-2-5-9-27)16-17-37(36)42-26-32-15-13-30(24-39)21-34(32)19-28-10-6-3-7-11-28/h2-17,20-22H,18-19,25-26H2,1H3. The molecule has 0 aliphatic heterocycles. The molecule has 42 heavy (non-hydrogen) atoms. The molecular formula is C37H30N2OS2. The fourth-order valence-electron chi connectivity index (χ4n) is 4.81. The molecule has 206 valence electrons. The lowest BCUT2D eigenvalue weighted by atomic mass is 9.98. The number of nitriles is 2. The molecule has 3 nitrogen and oxygen atoms in total. The van der Waals surface area contributed by atoms with Crippen LogP contribution in [0.5, 0.6) is 5.75 Å². The van der Waals surface area contributed by atoms with Gasteiger partial charge >= 0.3 is 0 Å². The predicted molar refractivity (Wildman–Crippen MR) is 173 cm³/mol. The molecule has 5 aromatic carbocycles. The van der Waals surface area contributed by atoms with Gasteiger partial charge in [-0.3, -0.25) is 0 Å². The molecule has 5 rings (SSSR count). The highest BCUT2D eigenvalue weighted by molar-refractivity contribution is 7.99. The fourth-order valence-corrected chi connectivity index (χ4v) is 6.81. The highest BCUT2D eigenvalue weighted by atomic mass is 32.2. The summed E-state index contributed by atoms with van der Waals surface area (Å²) in [5.74, 6) is 2.44. The van der Waals surface area contributed by atoms with Gasteiger partial charge in [-0.05, 0) is 88.7 Å². The summed E-state index contributed by atoms with van der Waals surface area (Å²) in [4.78, 5) is 2.22. The summed E-state index contributed by atoms with van der Waals surface area (Å²) in [6, 6.07) is 43.7. The zero-order valence-corrected chi connectivity index (χ0v) is 25.1. The Bertz CT molecular complexity index is 1740. The number of benzene rings is 5. The smallest absolute Gasteiger partial charge is 0.133 e. The minimum absolute atomic E-state index is 0.683. The molecule has 5 heteroatoms. The van der Waals surface area contributed by atoms with Crippen LogP contribution in [0.25, 0.3) is 0 Å². The van der Waals surface area contributed by atoms with Crippen molar-refractivity contribution >= 4 is 23.5 Å². The fraction of sp³-hybridized carbons (Fsp3) is 0.135. The van der Waals surface area contributed by atoms with E-state index in [2.05, 4.69) is 78.9 Å². The largest absolute Gasteiger partial charge is 0.496 e. The third-order valence-corrected chi connectivity index (χ3v) is 9.20. The van der Waals surface area contributed by atoms with Gasteiger partial charge in [0.2, 0.25) is 0 Å². The Kier molecular flexibility index (Phi) is 10.0. The van der Waals surface area contributed by atoms with Crippen LogP contribution in [-0.4, -0.2) is 7.11 Å². The van der Waals surface area contributed by atoms with Gasteiger partial charge in [-0.1, -0.05) is 72.8 Å². The highest BCUT2D eigenvalue weighted by Gasteiger charge is 2.12. The average Bonchev–Trinajstić information content (AvgIpc) is 3.04. The van der Waals surface area contributed by atoms with Gasteiger partial charge in [-0.25, -0.2) is 0 Å². The first-order chi connectivity index (χ1) is 20.6. The van der Waals surface area contributed by atoms with Gasteiger partial charge in [0.1, 0.15) is 5.75 Å². The quantitative estimate of drug-likeness (QED) is 0.145. The second kappa shape index (κ2) is 14.5. The summed E-state index contributed by atoms with van der Waals surface area (Å²) < 4.78 is 5.81. The predicted octanol–water partition coefficient (Wildman–Crippen LogP) is 9.20. The van der Waals surface area contributed by atoms with Crippen molar-refractivity contribution in [2.45, 2.75) is 34.1 Å². The molecule has 0 heterocycles. The Labute approximate surface area is 256 Å². The molecule has 0 atom stereocenters. The van der Waals surface area contributed by atoms with Gasteiger partial charge < -0.3 is 4.74 Å². The molecule has 0 bridgehead atoms. The van der Waals surface area contributed by atoms with Crippen molar-refractivity contribution in [2.75, 3.05) is 7.11 Å². The summed E-state index contributed by atoms with van der Waals surface area (Å²) in [5.41, 5.74) is 8.63. The zero-order valence-electron chi connectivity index (χ0n) is 23.4. The molecule has 5 aromatic rings. The maximum absolute atomic E-state index is 9.46. The lowest BCUT2D eigenvalue weighted by Gasteiger charge is -2.14. The second-order valence-electron chi connectivity index (χ2n) is 9.91. The zero-order chi connectivity index (χ0) is 29.1. The number of rotatable bonds is 11. The third-order valence-electron chi connectivity index (χ3n) is 7.06. The maximum atomic E-state index is 9.46. The van der Waals surface area contributed by atoms with Crippen molar-refractivity contribution in [3.63, 3.8) is 0 Å². The number of hydrogen-bond donors (Lipinski definition) is 0. The van der Waals surface area contributed by atoms with Gasteiger partial charge in [0.05, 0.1) is 30.4 Å². The first-order valence-corrected chi connectivity index (χ1v) is 15.7. The van der Waals surface area contributed by atoms with Crippen LogP contribution in [0.15, 0.2) is 125 Å². The van der Waals surface area contributed by atoms with E-state index in [0.29, 0.717) is 11.1 Å². The summed E-state index contributed by atoms with van der Waals surface area (Å²) in [7, 11) is 1.72. The van der Waals surface area contributed by atoms with Crippen LogP contribution in [0.4, 0.5) is 0 Å². The normalized spacial score (nSPS) is 10.5.